The van der Waals surface area contributed by atoms with Crippen molar-refractivity contribution in [3.05, 3.63) is 53.9 Å². The molecule has 166 valence electrons. The molecule has 1 aliphatic carbocycles. The third kappa shape index (κ3) is 4.86. The van der Waals surface area contributed by atoms with Crippen LogP contribution in [0, 0.1) is 5.92 Å². The van der Waals surface area contributed by atoms with E-state index in [2.05, 4.69) is 29.6 Å². The molecule has 1 aromatic heterocycles. The van der Waals surface area contributed by atoms with Crippen LogP contribution in [-0.2, 0) is 11.3 Å². The van der Waals surface area contributed by atoms with E-state index in [1.807, 2.05) is 17.8 Å². The lowest BCUT2D eigenvalue weighted by molar-refractivity contribution is 0.0360. The van der Waals surface area contributed by atoms with E-state index >= 15 is 0 Å². The highest BCUT2D eigenvalue weighted by Crippen LogP contribution is 2.47. The minimum atomic E-state index is -0.0588. The van der Waals surface area contributed by atoms with Crippen molar-refractivity contribution in [1.29, 1.82) is 0 Å². The number of hydrogen-bond donors (Lipinski definition) is 2. The molecular weight excluding hydrogens is 390 g/mol. The molecule has 0 spiro atoms. The second kappa shape index (κ2) is 9.28. The Kier molecular flexibility index (Phi) is 6.49. The van der Waals surface area contributed by atoms with E-state index in [0.29, 0.717) is 5.56 Å². The Morgan fingerprint density at radius 1 is 1.16 bits per heavy atom. The molecule has 0 amide bonds. The van der Waals surface area contributed by atoms with Gasteiger partial charge in [-0.05, 0) is 50.3 Å². The maximum Gasteiger partial charge on any atom is 0.123 e. The standard InChI is InChI=1S/C25H33N3O3/c1-17(2)21-5-4-18(3)12-22(21)25-23(29)13-19(14-24(25)30)20-15-26-28(16-20)7-6-27-8-10-31-11-9-27/h12-16,21-22,29-30H,1,4-11H2,2-3H3/t21-,22+/m0/s1. The highest BCUT2D eigenvalue weighted by Gasteiger charge is 2.30. The van der Waals surface area contributed by atoms with Crippen molar-refractivity contribution in [2.24, 2.45) is 5.92 Å². The summed E-state index contributed by atoms with van der Waals surface area (Å²) < 4.78 is 7.31. The van der Waals surface area contributed by atoms with Crippen molar-refractivity contribution >= 4 is 0 Å². The van der Waals surface area contributed by atoms with E-state index in [4.69, 9.17) is 4.74 Å². The highest BCUT2D eigenvalue weighted by atomic mass is 16.5. The van der Waals surface area contributed by atoms with E-state index in [9.17, 15) is 10.2 Å². The number of nitrogens with zero attached hydrogens (tertiary/aromatic N) is 3. The van der Waals surface area contributed by atoms with E-state index < -0.39 is 0 Å². The first-order chi connectivity index (χ1) is 14.9. The average molecular weight is 424 g/mol. The van der Waals surface area contributed by atoms with E-state index in [1.54, 1.807) is 18.3 Å². The summed E-state index contributed by atoms with van der Waals surface area (Å²) in [6.07, 6.45) is 7.93. The van der Waals surface area contributed by atoms with Crippen LogP contribution in [0.4, 0.5) is 0 Å². The Bertz CT molecular complexity index is 949. The van der Waals surface area contributed by atoms with Crippen molar-refractivity contribution in [2.75, 3.05) is 32.8 Å². The fourth-order valence-corrected chi connectivity index (χ4v) is 4.74. The number of benzene rings is 1. The van der Waals surface area contributed by atoms with Crippen LogP contribution in [0.2, 0.25) is 0 Å². The van der Waals surface area contributed by atoms with Gasteiger partial charge in [0, 0.05) is 42.9 Å². The van der Waals surface area contributed by atoms with Crippen LogP contribution in [0.3, 0.4) is 0 Å². The third-order valence-electron chi connectivity index (χ3n) is 6.57. The van der Waals surface area contributed by atoms with Gasteiger partial charge in [-0.15, -0.1) is 0 Å². The topological polar surface area (TPSA) is 70.8 Å². The average Bonchev–Trinajstić information content (AvgIpc) is 3.21. The molecule has 4 rings (SSSR count). The van der Waals surface area contributed by atoms with Crippen molar-refractivity contribution in [1.82, 2.24) is 14.7 Å². The zero-order valence-electron chi connectivity index (χ0n) is 18.5. The zero-order valence-corrected chi connectivity index (χ0v) is 18.5. The molecule has 6 nitrogen and oxygen atoms in total. The van der Waals surface area contributed by atoms with Crippen LogP contribution in [0.1, 0.15) is 38.2 Å². The molecule has 2 aliphatic rings. The van der Waals surface area contributed by atoms with Crippen LogP contribution in [0.15, 0.2) is 48.3 Å². The minimum absolute atomic E-state index is 0.0588. The number of rotatable bonds is 6. The van der Waals surface area contributed by atoms with Gasteiger partial charge in [-0.25, -0.2) is 0 Å². The summed E-state index contributed by atoms with van der Waals surface area (Å²) in [4.78, 5) is 2.37. The summed E-state index contributed by atoms with van der Waals surface area (Å²) in [6, 6.07) is 3.48. The molecule has 0 radical (unpaired) electrons. The Morgan fingerprint density at radius 2 is 1.87 bits per heavy atom. The van der Waals surface area contributed by atoms with Gasteiger partial charge in [-0.2, -0.15) is 5.10 Å². The monoisotopic (exact) mass is 423 g/mol. The first-order valence-corrected chi connectivity index (χ1v) is 11.1. The molecule has 1 aliphatic heterocycles. The first kappa shape index (κ1) is 21.7. The van der Waals surface area contributed by atoms with Crippen molar-refractivity contribution in [3.8, 4) is 22.6 Å². The Labute approximate surface area is 184 Å². The quantitative estimate of drug-likeness (QED) is 0.678. The Balaban J connectivity index is 1.54. The van der Waals surface area contributed by atoms with Crippen LogP contribution in [-0.4, -0.2) is 57.7 Å². The van der Waals surface area contributed by atoms with Gasteiger partial charge in [0.05, 0.1) is 26.0 Å². The molecular formula is C25H33N3O3. The molecule has 0 unspecified atom stereocenters. The lowest BCUT2D eigenvalue weighted by Crippen LogP contribution is -2.38. The van der Waals surface area contributed by atoms with Gasteiger partial charge < -0.3 is 14.9 Å². The number of ether oxygens (including phenoxy) is 1. The molecule has 0 saturated carbocycles. The minimum Gasteiger partial charge on any atom is -0.507 e. The number of morpholine rings is 1. The van der Waals surface area contributed by atoms with Crippen LogP contribution < -0.4 is 0 Å². The SMILES string of the molecule is C=C(C)[C@@H]1CCC(C)=C[C@H]1c1c(O)cc(-c2cnn(CCN3CCOCC3)c2)cc1O. The Hall–Kier alpha value is -2.57. The number of hydrogen-bond acceptors (Lipinski definition) is 5. The van der Waals surface area contributed by atoms with E-state index in [0.717, 1.165) is 68.9 Å². The number of aromatic hydroxyl groups is 2. The molecule has 2 N–H and O–H groups in total. The lowest BCUT2D eigenvalue weighted by Gasteiger charge is -2.31. The summed E-state index contributed by atoms with van der Waals surface area (Å²) >= 11 is 0. The van der Waals surface area contributed by atoms with Gasteiger partial charge in [-0.1, -0.05) is 23.8 Å². The van der Waals surface area contributed by atoms with Gasteiger partial charge in [0.15, 0.2) is 0 Å². The zero-order chi connectivity index (χ0) is 22.0. The Morgan fingerprint density at radius 3 is 2.55 bits per heavy atom. The summed E-state index contributed by atoms with van der Waals surface area (Å²) in [5.41, 5.74) is 4.60. The normalized spacial score (nSPS) is 22.3. The summed E-state index contributed by atoms with van der Waals surface area (Å²) in [5, 5.41) is 26.2. The van der Waals surface area contributed by atoms with Crippen molar-refractivity contribution in [3.63, 3.8) is 0 Å². The van der Waals surface area contributed by atoms with Crippen LogP contribution in [0.25, 0.3) is 11.1 Å². The lowest BCUT2D eigenvalue weighted by atomic mass is 9.73. The molecule has 1 fully saturated rings. The second-order valence-electron chi connectivity index (χ2n) is 8.90. The maximum absolute atomic E-state index is 10.9. The third-order valence-corrected chi connectivity index (χ3v) is 6.57. The molecule has 31 heavy (non-hydrogen) atoms. The summed E-state index contributed by atoms with van der Waals surface area (Å²) in [5.74, 6) is 0.405. The fourth-order valence-electron chi connectivity index (χ4n) is 4.74. The number of phenols is 2. The second-order valence-corrected chi connectivity index (χ2v) is 8.90. The van der Waals surface area contributed by atoms with Crippen molar-refractivity contribution < 1.29 is 14.9 Å². The van der Waals surface area contributed by atoms with E-state index in [1.165, 1.54) is 5.57 Å². The molecule has 6 heteroatoms. The predicted octanol–water partition coefficient (Wildman–Crippen LogP) is 4.31. The van der Waals surface area contributed by atoms with Gasteiger partial charge >= 0.3 is 0 Å². The van der Waals surface area contributed by atoms with Gasteiger partial charge in [0.25, 0.3) is 0 Å². The number of phenolic OH excluding ortho intramolecular Hbond substituents is 2. The molecule has 2 aromatic rings. The first-order valence-electron chi connectivity index (χ1n) is 11.1. The molecule has 1 aromatic carbocycles. The predicted molar refractivity (Wildman–Crippen MR) is 122 cm³/mol. The van der Waals surface area contributed by atoms with Gasteiger partial charge in [0.2, 0.25) is 0 Å². The van der Waals surface area contributed by atoms with Crippen LogP contribution in [0.5, 0.6) is 11.5 Å². The molecule has 2 atom stereocenters. The summed E-state index contributed by atoms with van der Waals surface area (Å²) in [7, 11) is 0. The smallest absolute Gasteiger partial charge is 0.123 e. The van der Waals surface area contributed by atoms with Crippen LogP contribution >= 0.6 is 0 Å². The fraction of sp³-hybridized carbons (Fsp3) is 0.480. The number of allylic oxidation sites excluding steroid dienone is 3. The molecule has 2 heterocycles. The largest absolute Gasteiger partial charge is 0.507 e. The maximum atomic E-state index is 10.9. The van der Waals surface area contributed by atoms with Crippen molar-refractivity contribution in [2.45, 2.75) is 39.2 Å². The van der Waals surface area contributed by atoms with Gasteiger partial charge in [0.1, 0.15) is 11.5 Å². The van der Waals surface area contributed by atoms with E-state index in [-0.39, 0.29) is 23.3 Å². The summed E-state index contributed by atoms with van der Waals surface area (Å²) in [6.45, 7) is 13.5. The number of aromatic nitrogens is 2. The van der Waals surface area contributed by atoms with Gasteiger partial charge in [-0.3, -0.25) is 9.58 Å². The molecule has 0 bridgehead atoms. The molecule has 1 saturated heterocycles. The highest BCUT2D eigenvalue weighted by molar-refractivity contribution is 5.68.